The van der Waals surface area contributed by atoms with E-state index in [1.807, 2.05) is 35.9 Å². The molecule has 3 rings (SSSR count). The fourth-order valence-corrected chi connectivity index (χ4v) is 2.81. The average Bonchev–Trinajstić information content (AvgIpc) is 3.24. The highest BCUT2D eigenvalue weighted by molar-refractivity contribution is 7.10. The number of nitrogens with one attached hydrogen (secondary N) is 1. The number of nitrogens with zero attached hydrogens (tertiary/aromatic N) is 2. The van der Waals surface area contributed by atoms with E-state index in [2.05, 4.69) is 16.5 Å². The Balaban J connectivity index is 0.00000176. The molecule has 7 heteroatoms. The van der Waals surface area contributed by atoms with Crippen LogP contribution in [0.3, 0.4) is 0 Å². The predicted octanol–water partition coefficient (Wildman–Crippen LogP) is 2.65. The van der Waals surface area contributed by atoms with E-state index < -0.39 is 0 Å². The van der Waals surface area contributed by atoms with Crippen molar-refractivity contribution in [1.82, 2.24) is 15.1 Å². The minimum Gasteiger partial charge on any atom is -0.442 e. The standard InChI is InChI=1S/C15H17N3O2S.ClH/c19-15(12-5-7-16-10-12)20-11-18-8-6-13(17-18)3-4-14-2-1-9-21-14;/h1-4,6,8-9,12,16H,5,7,10-11H2;1H/b4-3+;. The summed E-state index contributed by atoms with van der Waals surface area (Å²) in [6, 6.07) is 5.96. The maximum absolute atomic E-state index is 11.8. The third-order valence-corrected chi connectivity index (χ3v) is 4.19. The molecule has 1 aliphatic rings. The molecule has 0 aromatic carbocycles. The lowest BCUT2D eigenvalue weighted by molar-refractivity contribution is -0.152. The lowest BCUT2D eigenvalue weighted by Crippen LogP contribution is -2.21. The van der Waals surface area contributed by atoms with E-state index >= 15 is 0 Å². The lowest BCUT2D eigenvalue weighted by atomic mass is 10.1. The van der Waals surface area contributed by atoms with E-state index in [0.717, 1.165) is 18.7 Å². The third kappa shape index (κ3) is 4.43. The molecule has 1 N–H and O–H groups in total. The topological polar surface area (TPSA) is 56.2 Å². The van der Waals surface area contributed by atoms with Gasteiger partial charge in [-0.1, -0.05) is 6.07 Å². The van der Waals surface area contributed by atoms with Crippen molar-refractivity contribution in [1.29, 1.82) is 0 Å². The zero-order valence-corrected chi connectivity index (χ0v) is 13.6. The summed E-state index contributed by atoms with van der Waals surface area (Å²) in [6.45, 7) is 1.77. The number of rotatable bonds is 5. The molecule has 1 atom stereocenters. The molecule has 3 heterocycles. The molecule has 0 amide bonds. The van der Waals surface area contributed by atoms with Crippen LogP contribution >= 0.6 is 23.7 Å². The van der Waals surface area contributed by atoms with Crippen molar-refractivity contribution in [2.45, 2.75) is 13.2 Å². The van der Waals surface area contributed by atoms with Gasteiger partial charge in [0, 0.05) is 17.6 Å². The van der Waals surface area contributed by atoms with Crippen molar-refractivity contribution in [3.05, 3.63) is 40.3 Å². The molecular weight excluding hydrogens is 322 g/mol. The number of hydrogen-bond acceptors (Lipinski definition) is 5. The van der Waals surface area contributed by atoms with E-state index in [4.69, 9.17) is 4.74 Å². The summed E-state index contributed by atoms with van der Waals surface area (Å²) in [5.41, 5.74) is 0.849. The van der Waals surface area contributed by atoms with E-state index in [9.17, 15) is 4.79 Å². The van der Waals surface area contributed by atoms with Crippen LogP contribution in [0.5, 0.6) is 0 Å². The summed E-state index contributed by atoms with van der Waals surface area (Å²) >= 11 is 1.68. The lowest BCUT2D eigenvalue weighted by Gasteiger charge is -2.08. The maximum Gasteiger partial charge on any atom is 0.312 e. The van der Waals surface area contributed by atoms with Crippen LogP contribution in [0.4, 0.5) is 0 Å². The first-order valence-electron chi connectivity index (χ1n) is 6.94. The van der Waals surface area contributed by atoms with Gasteiger partial charge in [0.2, 0.25) is 0 Å². The van der Waals surface area contributed by atoms with Crippen LogP contribution in [0.15, 0.2) is 29.8 Å². The molecular formula is C15H18ClN3O2S. The van der Waals surface area contributed by atoms with Crippen LogP contribution in [-0.2, 0) is 16.3 Å². The molecule has 0 bridgehead atoms. The van der Waals surface area contributed by atoms with Crippen molar-refractivity contribution < 1.29 is 9.53 Å². The normalized spacial score (nSPS) is 17.5. The molecule has 22 heavy (non-hydrogen) atoms. The maximum atomic E-state index is 11.8. The molecule has 1 fully saturated rings. The minimum absolute atomic E-state index is 0. The Labute approximate surface area is 139 Å². The Morgan fingerprint density at radius 1 is 1.50 bits per heavy atom. The molecule has 0 spiro atoms. The molecule has 0 saturated carbocycles. The van der Waals surface area contributed by atoms with Crippen LogP contribution in [0.25, 0.3) is 12.2 Å². The molecule has 2 aromatic rings. The first-order valence-corrected chi connectivity index (χ1v) is 7.81. The minimum atomic E-state index is -0.147. The van der Waals surface area contributed by atoms with Crippen LogP contribution < -0.4 is 5.32 Å². The van der Waals surface area contributed by atoms with Gasteiger partial charge < -0.3 is 10.1 Å². The van der Waals surface area contributed by atoms with Crippen LogP contribution in [0.2, 0.25) is 0 Å². The third-order valence-electron chi connectivity index (χ3n) is 3.36. The Hall–Kier alpha value is -1.63. The van der Waals surface area contributed by atoms with Crippen molar-refractivity contribution in [3.63, 3.8) is 0 Å². The van der Waals surface area contributed by atoms with E-state index in [1.165, 1.54) is 4.88 Å². The van der Waals surface area contributed by atoms with Gasteiger partial charge in [-0.05, 0) is 42.6 Å². The largest absolute Gasteiger partial charge is 0.442 e. The molecule has 2 aromatic heterocycles. The number of carbonyl (C=O) groups is 1. The highest BCUT2D eigenvalue weighted by Gasteiger charge is 2.23. The Kier molecular flexibility index (Phi) is 6.18. The highest BCUT2D eigenvalue weighted by Crippen LogP contribution is 2.13. The van der Waals surface area contributed by atoms with Gasteiger partial charge in [0.1, 0.15) is 0 Å². The van der Waals surface area contributed by atoms with E-state index in [1.54, 1.807) is 16.0 Å². The molecule has 0 aliphatic carbocycles. The number of halogens is 1. The highest BCUT2D eigenvalue weighted by atomic mass is 35.5. The first kappa shape index (κ1) is 16.7. The Morgan fingerprint density at radius 2 is 2.41 bits per heavy atom. The zero-order valence-electron chi connectivity index (χ0n) is 12.0. The van der Waals surface area contributed by atoms with Gasteiger partial charge in [0.15, 0.2) is 6.73 Å². The molecule has 1 unspecified atom stereocenters. The summed E-state index contributed by atoms with van der Waals surface area (Å²) in [5, 5.41) is 9.54. The zero-order chi connectivity index (χ0) is 14.5. The van der Waals surface area contributed by atoms with Crippen molar-refractivity contribution >= 4 is 41.9 Å². The average molecular weight is 340 g/mol. The van der Waals surface area contributed by atoms with Gasteiger partial charge in [0.25, 0.3) is 0 Å². The van der Waals surface area contributed by atoms with Gasteiger partial charge in [-0.15, -0.1) is 23.7 Å². The van der Waals surface area contributed by atoms with Crippen LogP contribution in [0.1, 0.15) is 17.0 Å². The van der Waals surface area contributed by atoms with Crippen LogP contribution in [-0.4, -0.2) is 28.8 Å². The number of ether oxygens (including phenoxy) is 1. The Bertz CT molecular complexity index is 619. The quantitative estimate of drug-likeness (QED) is 0.851. The van der Waals surface area contributed by atoms with E-state index in [-0.39, 0.29) is 31.0 Å². The summed E-state index contributed by atoms with van der Waals surface area (Å²) in [5.74, 6) is -0.162. The SMILES string of the molecule is Cl.O=C(OCn1ccc(/C=C/c2cccs2)n1)C1CCNC1. The molecule has 1 aliphatic heterocycles. The van der Waals surface area contributed by atoms with Gasteiger partial charge in [0.05, 0.1) is 11.6 Å². The van der Waals surface area contributed by atoms with Crippen LogP contribution in [0, 0.1) is 5.92 Å². The molecule has 1 saturated heterocycles. The van der Waals surface area contributed by atoms with Crippen molar-refractivity contribution in [2.75, 3.05) is 13.1 Å². The van der Waals surface area contributed by atoms with Crippen molar-refractivity contribution in [2.24, 2.45) is 5.92 Å². The van der Waals surface area contributed by atoms with Gasteiger partial charge in [-0.25, -0.2) is 4.68 Å². The number of carbonyl (C=O) groups excluding carboxylic acids is 1. The fourth-order valence-electron chi connectivity index (χ4n) is 2.20. The summed E-state index contributed by atoms with van der Waals surface area (Å²) in [7, 11) is 0. The number of thiophene rings is 1. The predicted molar refractivity (Wildman–Crippen MR) is 89.8 cm³/mol. The monoisotopic (exact) mass is 339 g/mol. The summed E-state index contributed by atoms with van der Waals surface area (Å²) in [4.78, 5) is 13.0. The second kappa shape index (κ2) is 8.12. The van der Waals surface area contributed by atoms with Crippen molar-refractivity contribution in [3.8, 4) is 0 Å². The molecule has 5 nitrogen and oxygen atoms in total. The second-order valence-electron chi connectivity index (χ2n) is 4.91. The Morgan fingerprint density at radius 3 is 3.14 bits per heavy atom. The van der Waals surface area contributed by atoms with E-state index in [0.29, 0.717) is 6.54 Å². The number of aromatic nitrogens is 2. The second-order valence-corrected chi connectivity index (χ2v) is 5.89. The van der Waals surface area contributed by atoms with Gasteiger partial charge in [-0.2, -0.15) is 5.10 Å². The summed E-state index contributed by atoms with van der Waals surface area (Å²) < 4.78 is 6.91. The first-order chi connectivity index (χ1) is 10.3. The van der Waals surface area contributed by atoms with Gasteiger partial charge >= 0.3 is 5.97 Å². The van der Waals surface area contributed by atoms with Gasteiger partial charge in [-0.3, -0.25) is 4.79 Å². The summed E-state index contributed by atoms with van der Waals surface area (Å²) in [6.07, 6.45) is 6.64. The number of esters is 1. The number of hydrogen-bond donors (Lipinski definition) is 1. The fraction of sp³-hybridized carbons (Fsp3) is 0.333. The smallest absolute Gasteiger partial charge is 0.312 e. The molecule has 0 radical (unpaired) electrons. The molecule has 118 valence electrons.